The third kappa shape index (κ3) is 3.43. The predicted octanol–water partition coefficient (Wildman–Crippen LogP) is 4.11. The van der Waals surface area contributed by atoms with Gasteiger partial charge in [0, 0.05) is 17.4 Å². The maximum atomic E-state index is 13.0. The van der Waals surface area contributed by atoms with Crippen molar-refractivity contribution in [1.82, 2.24) is 4.98 Å². The van der Waals surface area contributed by atoms with Gasteiger partial charge < -0.3 is 9.84 Å². The first-order valence-electron chi connectivity index (χ1n) is 9.62. The average Bonchev–Trinajstić information content (AvgIpc) is 3.05. The second-order valence-electron chi connectivity index (χ2n) is 6.72. The molecule has 6 nitrogen and oxygen atoms in total. The van der Waals surface area contributed by atoms with Crippen LogP contribution in [0.4, 0.5) is 5.69 Å². The van der Waals surface area contributed by atoms with Crippen LogP contribution in [-0.2, 0) is 9.59 Å². The molecule has 150 valence electrons. The molecule has 3 aromatic rings. The summed E-state index contributed by atoms with van der Waals surface area (Å²) in [5, 5.41) is 11.1. The number of anilines is 1. The van der Waals surface area contributed by atoms with Crippen molar-refractivity contribution in [2.45, 2.75) is 13.0 Å². The van der Waals surface area contributed by atoms with Crippen LogP contribution in [0.15, 0.2) is 84.6 Å². The van der Waals surface area contributed by atoms with Crippen molar-refractivity contribution in [3.8, 4) is 5.75 Å². The molecule has 1 saturated heterocycles. The van der Waals surface area contributed by atoms with Gasteiger partial charge in [0.05, 0.1) is 17.9 Å². The first kappa shape index (κ1) is 19.4. The zero-order valence-electron chi connectivity index (χ0n) is 16.4. The topological polar surface area (TPSA) is 79.7 Å². The molecule has 1 aromatic heterocycles. The van der Waals surface area contributed by atoms with Gasteiger partial charge in [0.2, 0.25) is 0 Å². The van der Waals surface area contributed by atoms with Crippen LogP contribution in [0.3, 0.4) is 0 Å². The van der Waals surface area contributed by atoms with Crippen molar-refractivity contribution in [3.63, 3.8) is 0 Å². The van der Waals surface area contributed by atoms with Crippen LogP contribution >= 0.6 is 0 Å². The van der Waals surface area contributed by atoms with Crippen molar-refractivity contribution < 1.29 is 19.4 Å². The SMILES string of the molecule is CCOc1cccc(/C(O)=C2/C(=O)C(=O)N(c3ccccc3)C2c2ccccn2)c1. The highest BCUT2D eigenvalue weighted by Gasteiger charge is 2.47. The lowest BCUT2D eigenvalue weighted by molar-refractivity contribution is -0.132. The Morgan fingerprint density at radius 1 is 1.03 bits per heavy atom. The van der Waals surface area contributed by atoms with Gasteiger partial charge in [0.15, 0.2) is 0 Å². The number of benzene rings is 2. The number of pyridine rings is 1. The first-order chi connectivity index (χ1) is 14.6. The van der Waals surface area contributed by atoms with Crippen LogP contribution in [0.2, 0.25) is 0 Å². The maximum Gasteiger partial charge on any atom is 0.300 e. The van der Waals surface area contributed by atoms with E-state index in [1.54, 1.807) is 72.9 Å². The number of Topliss-reactive ketones (excluding diaryl/α,β-unsaturated/α-hetero) is 1. The number of carbonyl (C=O) groups is 2. The van der Waals surface area contributed by atoms with Crippen molar-refractivity contribution in [3.05, 3.63) is 95.8 Å². The summed E-state index contributed by atoms with van der Waals surface area (Å²) < 4.78 is 5.50. The van der Waals surface area contributed by atoms with Crippen molar-refractivity contribution in [1.29, 1.82) is 0 Å². The molecule has 1 amide bonds. The predicted molar refractivity (Wildman–Crippen MR) is 113 cm³/mol. The summed E-state index contributed by atoms with van der Waals surface area (Å²) in [4.78, 5) is 31.8. The van der Waals surface area contributed by atoms with Crippen molar-refractivity contribution in [2.75, 3.05) is 11.5 Å². The molecule has 1 aliphatic rings. The van der Waals surface area contributed by atoms with Crippen LogP contribution < -0.4 is 9.64 Å². The van der Waals surface area contributed by atoms with Gasteiger partial charge in [-0.15, -0.1) is 0 Å². The number of rotatable bonds is 5. The Kier molecular flexibility index (Phi) is 5.30. The summed E-state index contributed by atoms with van der Waals surface area (Å²) in [6, 6.07) is 20.1. The monoisotopic (exact) mass is 400 g/mol. The molecule has 0 radical (unpaired) electrons. The third-order valence-corrected chi connectivity index (χ3v) is 4.87. The Balaban J connectivity index is 1.91. The average molecular weight is 400 g/mol. The Morgan fingerprint density at radius 2 is 1.80 bits per heavy atom. The van der Waals surface area contributed by atoms with E-state index in [9.17, 15) is 14.7 Å². The summed E-state index contributed by atoms with van der Waals surface area (Å²) in [5.41, 5.74) is 1.43. The minimum absolute atomic E-state index is 0.00352. The van der Waals surface area contributed by atoms with Crippen LogP contribution in [0.1, 0.15) is 24.2 Å². The smallest absolute Gasteiger partial charge is 0.300 e. The molecule has 1 unspecified atom stereocenters. The number of hydrogen-bond acceptors (Lipinski definition) is 5. The molecule has 0 aliphatic carbocycles. The molecule has 30 heavy (non-hydrogen) atoms. The molecule has 2 aromatic carbocycles. The lowest BCUT2D eigenvalue weighted by Crippen LogP contribution is -2.29. The fourth-order valence-corrected chi connectivity index (χ4v) is 3.56. The highest BCUT2D eigenvalue weighted by molar-refractivity contribution is 6.51. The van der Waals surface area contributed by atoms with E-state index in [1.807, 2.05) is 13.0 Å². The van der Waals surface area contributed by atoms with Gasteiger partial charge in [0.1, 0.15) is 17.6 Å². The van der Waals surface area contributed by atoms with Gasteiger partial charge in [-0.1, -0.05) is 36.4 Å². The highest BCUT2D eigenvalue weighted by Crippen LogP contribution is 2.41. The lowest BCUT2D eigenvalue weighted by atomic mass is 9.98. The Labute approximate surface area is 174 Å². The van der Waals surface area contributed by atoms with Gasteiger partial charge >= 0.3 is 0 Å². The van der Waals surface area contributed by atoms with Crippen molar-refractivity contribution >= 4 is 23.1 Å². The van der Waals surface area contributed by atoms with Crippen molar-refractivity contribution in [2.24, 2.45) is 0 Å². The number of ketones is 1. The fourth-order valence-electron chi connectivity index (χ4n) is 3.56. The van der Waals surface area contributed by atoms with Gasteiger partial charge in [-0.2, -0.15) is 0 Å². The normalized spacial score (nSPS) is 17.9. The zero-order valence-corrected chi connectivity index (χ0v) is 16.4. The Morgan fingerprint density at radius 3 is 2.50 bits per heavy atom. The minimum atomic E-state index is -0.843. The van der Waals surface area contributed by atoms with E-state index in [4.69, 9.17) is 4.74 Å². The Hall–Kier alpha value is -3.93. The second-order valence-corrected chi connectivity index (χ2v) is 6.72. The standard InChI is InChI=1S/C24H20N2O4/c1-2-30-18-12-8-9-16(15-18)22(27)20-21(19-13-6-7-14-25-19)26(24(29)23(20)28)17-10-4-3-5-11-17/h3-15,21,27H,2H2,1H3/b22-20-. The summed E-state index contributed by atoms with van der Waals surface area (Å²) in [6.45, 7) is 2.33. The van der Waals surface area contributed by atoms with E-state index in [1.165, 1.54) is 4.90 Å². The molecule has 4 rings (SSSR count). The first-order valence-corrected chi connectivity index (χ1v) is 9.62. The number of hydrogen-bond donors (Lipinski definition) is 1. The van der Waals surface area contributed by atoms with Crippen LogP contribution in [0.5, 0.6) is 5.75 Å². The van der Waals surface area contributed by atoms with Gasteiger partial charge in [-0.25, -0.2) is 0 Å². The van der Waals surface area contributed by atoms with E-state index in [2.05, 4.69) is 4.98 Å². The van der Waals surface area contributed by atoms with E-state index < -0.39 is 17.7 Å². The molecular formula is C24H20N2O4. The number of nitrogens with zero attached hydrogens (tertiary/aromatic N) is 2. The summed E-state index contributed by atoms with van der Waals surface area (Å²) >= 11 is 0. The molecule has 1 N–H and O–H groups in total. The molecule has 1 aliphatic heterocycles. The lowest BCUT2D eigenvalue weighted by Gasteiger charge is -2.24. The largest absolute Gasteiger partial charge is 0.507 e. The molecular weight excluding hydrogens is 380 g/mol. The number of amides is 1. The van der Waals surface area contributed by atoms with Crippen LogP contribution in [0, 0.1) is 0 Å². The second kappa shape index (κ2) is 8.21. The summed E-state index contributed by atoms with van der Waals surface area (Å²) in [6.07, 6.45) is 1.59. The summed E-state index contributed by atoms with van der Waals surface area (Å²) in [7, 11) is 0. The molecule has 6 heteroatoms. The quantitative estimate of drug-likeness (QED) is 0.396. The number of aliphatic hydroxyl groups is 1. The van der Waals surface area contributed by atoms with Gasteiger partial charge in [-0.05, 0) is 43.3 Å². The van der Waals surface area contributed by atoms with E-state index in [0.29, 0.717) is 29.3 Å². The number of para-hydroxylation sites is 1. The number of aromatic nitrogens is 1. The molecule has 1 fully saturated rings. The fraction of sp³-hybridized carbons (Fsp3) is 0.125. The Bertz CT molecular complexity index is 1110. The number of carbonyl (C=O) groups excluding carboxylic acids is 2. The van der Waals surface area contributed by atoms with E-state index in [0.717, 1.165) is 0 Å². The number of ether oxygens (including phenoxy) is 1. The molecule has 0 saturated carbocycles. The third-order valence-electron chi connectivity index (χ3n) is 4.87. The minimum Gasteiger partial charge on any atom is -0.507 e. The molecule has 0 bridgehead atoms. The van der Waals surface area contributed by atoms with E-state index in [-0.39, 0.29) is 11.3 Å². The highest BCUT2D eigenvalue weighted by atomic mass is 16.5. The molecule has 2 heterocycles. The van der Waals surface area contributed by atoms with Crippen LogP contribution in [-0.4, -0.2) is 28.4 Å². The maximum absolute atomic E-state index is 13.0. The van der Waals surface area contributed by atoms with E-state index >= 15 is 0 Å². The summed E-state index contributed by atoms with van der Waals surface area (Å²) in [5.74, 6) is -1.16. The molecule has 1 atom stereocenters. The molecule has 0 spiro atoms. The number of aliphatic hydroxyl groups excluding tert-OH is 1. The zero-order chi connectivity index (χ0) is 21.1. The van der Waals surface area contributed by atoms with Crippen LogP contribution in [0.25, 0.3) is 5.76 Å². The van der Waals surface area contributed by atoms with Gasteiger partial charge in [0.25, 0.3) is 11.7 Å². The van der Waals surface area contributed by atoms with Gasteiger partial charge in [-0.3, -0.25) is 19.5 Å².